The monoisotopic (exact) mass is 321 g/mol. The normalized spacial score (nSPS) is 11.4. The van der Waals surface area contributed by atoms with Gasteiger partial charge in [-0.15, -0.1) is 5.10 Å². The number of phenolic OH excluding ortho intramolecular Hbond substituents is 1. The van der Waals surface area contributed by atoms with E-state index in [9.17, 15) is 18.3 Å². The third-order valence-corrected chi connectivity index (χ3v) is 3.00. The summed E-state index contributed by atoms with van der Waals surface area (Å²) in [6.07, 6.45) is -4.39. The fraction of sp³-hybridized carbons (Fsp3) is 0.0667. The Hall–Kier alpha value is -3.03. The molecule has 1 heterocycles. The van der Waals surface area contributed by atoms with E-state index in [1.807, 2.05) is 0 Å². The van der Waals surface area contributed by atoms with Crippen molar-refractivity contribution in [1.29, 1.82) is 0 Å². The number of hydrogen-bond donors (Lipinski definition) is 2. The van der Waals surface area contributed by atoms with E-state index in [1.54, 1.807) is 12.1 Å². The van der Waals surface area contributed by atoms with E-state index in [1.165, 1.54) is 24.3 Å². The van der Waals surface area contributed by atoms with Gasteiger partial charge in [-0.05, 0) is 48.5 Å². The van der Waals surface area contributed by atoms with Gasteiger partial charge in [0.1, 0.15) is 5.75 Å². The highest BCUT2D eigenvalue weighted by Crippen LogP contribution is 2.31. The third kappa shape index (κ3) is 3.42. The molecule has 3 rings (SSSR count). The second-order valence-electron chi connectivity index (χ2n) is 4.66. The van der Waals surface area contributed by atoms with Gasteiger partial charge in [0.2, 0.25) is 5.89 Å². The molecule has 118 valence electrons. The molecule has 1 aromatic heterocycles. The van der Waals surface area contributed by atoms with E-state index in [-0.39, 0.29) is 17.7 Å². The van der Waals surface area contributed by atoms with Crippen molar-refractivity contribution in [3.05, 3.63) is 54.1 Å². The number of alkyl halides is 3. The molecule has 0 aliphatic rings. The molecule has 0 radical (unpaired) electrons. The lowest BCUT2D eigenvalue weighted by Crippen LogP contribution is -2.03. The number of nitrogens with one attached hydrogen (secondary N) is 1. The van der Waals surface area contributed by atoms with Crippen LogP contribution >= 0.6 is 0 Å². The number of rotatable bonds is 3. The SMILES string of the molecule is Oc1ccc(Nc2nnc(-c3ccc(C(F)(F)F)cc3)o2)cc1. The maximum Gasteiger partial charge on any atom is 0.416 e. The van der Waals surface area contributed by atoms with Crippen LogP contribution in [-0.2, 0) is 6.18 Å². The molecule has 0 saturated carbocycles. The second kappa shape index (κ2) is 5.64. The summed E-state index contributed by atoms with van der Waals surface area (Å²) >= 11 is 0. The number of aromatic nitrogens is 2. The summed E-state index contributed by atoms with van der Waals surface area (Å²) in [6.45, 7) is 0. The second-order valence-corrected chi connectivity index (χ2v) is 4.66. The third-order valence-electron chi connectivity index (χ3n) is 3.00. The average molecular weight is 321 g/mol. The van der Waals surface area contributed by atoms with Crippen molar-refractivity contribution in [1.82, 2.24) is 10.2 Å². The van der Waals surface area contributed by atoms with Gasteiger partial charge >= 0.3 is 12.2 Å². The van der Waals surface area contributed by atoms with Crippen molar-refractivity contribution in [3.8, 4) is 17.2 Å². The van der Waals surface area contributed by atoms with Gasteiger partial charge in [0, 0.05) is 11.3 Å². The summed E-state index contributed by atoms with van der Waals surface area (Å²) in [7, 11) is 0. The molecule has 0 fully saturated rings. The molecule has 0 amide bonds. The first kappa shape index (κ1) is 14.9. The summed E-state index contributed by atoms with van der Waals surface area (Å²) in [5.41, 5.74) is 0.248. The Morgan fingerprint density at radius 3 is 2.17 bits per heavy atom. The molecule has 0 spiro atoms. The van der Waals surface area contributed by atoms with Gasteiger partial charge < -0.3 is 14.8 Å². The van der Waals surface area contributed by atoms with Crippen molar-refractivity contribution in [3.63, 3.8) is 0 Å². The molecule has 0 unspecified atom stereocenters. The van der Waals surface area contributed by atoms with Gasteiger partial charge in [-0.1, -0.05) is 5.10 Å². The Morgan fingerprint density at radius 1 is 0.913 bits per heavy atom. The predicted molar refractivity (Wildman–Crippen MR) is 76.1 cm³/mol. The molecule has 0 aliphatic heterocycles. The molecule has 0 saturated heterocycles. The topological polar surface area (TPSA) is 71.2 Å². The van der Waals surface area contributed by atoms with Crippen LogP contribution in [0.4, 0.5) is 24.9 Å². The average Bonchev–Trinajstić information content (AvgIpc) is 2.97. The molecule has 0 aliphatic carbocycles. The van der Waals surface area contributed by atoms with Crippen LogP contribution in [0.15, 0.2) is 52.9 Å². The van der Waals surface area contributed by atoms with Crippen LogP contribution in [0.5, 0.6) is 5.75 Å². The first-order chi connectivity index (χ1) is 10.9. The Balaban J connectivity index is 1.77. The zero-order valence-corrected chi connectivity index (χ0v) is 11.5. The standard InChI is InChI=1S/C15H10F3N3O2/c16-15(17,18)10-3-1-9(2-4-10)13-20-21-14(23-13)19-11-5-7-12(22)8-6-11/h1-8,22H,(H,19,21). The van der Waals surface area contributed by atoms with Crippen molar-refractivity contribution in [2.45, 2.75) is 6.18 Å². The van der Waals surface area contributed by atoms with Crippen LogP contribution in [0.25, 0.3) is 11.5 Å². The first-order valence-corrected chi connectivity index (χ1v) is 6.49. The lowest BCUT2D eigenvalue weighted by atomic mass is 10.1. The van der Waals surface area contributed by atoms with Crippen molar-refractivity contribution < 1.29 is 22.7 Å². The molecular weight excluding hydrogens is 311 g/mol. The smallest absolute Gasteiger partial charge is 0.416 e. The molecule has 0 bridgehead atoms. The van der Waals surface area contributed by atoms with Crippen LogP contribution < -0.4 is 5.32 Å². The summed E-state index contributed by atoms with van der Waals surface area (Å²) in [4.78, 5) is 0. The summed E-state index contributed by atoms with van der Waals surface area (Å²) in [6, 6.07) is 10.7. The Bertz CT molecular complexity index is 796. The highest BCUT2D eigenvalue weighted by atomic mass is 19.4. The minimum atomic E-state index is -4.39. The minimum absolute atomic E-state index is 0.0885. The molecule has 2 aromatic carbocycles. The first-order valence-electron chi connectivity index (χ1n) is 6.49. The van der Waals surface area contributed by atoms with E-state index in [4.69, 9.17) is 4.42 Å². The number of benzene rings is 2. The maximum absolute atomic E-state index is 12.5. The highest BCUT2D eigenvalue weighted by molar-refractivity contribution is 5.57. The van der Waals surface area contributed by atoms with Crippen molar-refractivity contribution in [2.24, 2.45) is 0 Å². The van der Waals surface area contributed by atoms with E-state index < -0.39 is 11.7 Å². The maximum atomic E-state index is 12.5. The zero-order chi connectivity index (χ0) is 16.4. The van der Waals surface area contributed by atoms with Crippen LogP contribution in [0, 0.1) is 0 Å². The number of halogens is 3. The molecule has 0 atom stereocenters. The molecule has 23 heavy (non-hydrogen) atoms. The van der Waals surface area contributed by atoms with Crippen molar-refractivity contribution in [2.75, 3.05) is 5.32 Å². The van der Waals surface area contributed by atoms with Gasteiger partial charge in [0.25, 0.3) is 0 Å². The van der Waals surface area contributed by atoms with Gasteiger partial charge in [0.15, 0.2) is 0 Å². The summed E-state index contributed by atoms with van der Waals surface area (Å²) in [5.74, 6) is 0.214. The summed E-state index contributed by atoms with van der Waals surface area (Å²) in [5, 5.41) is 19.6. The van der Waals surface area contributed by atoms with Crippen LogP contribution in [0.1, 0.15) is 5.56 Å². The molecule has 3 aromatic rings. The fourth-order valence-corrected chi connectivity index (χ4v) is 1.86. The van der Waals surface area contributed by atoms with Crippen molar-refractivity contribution >= 4 is 11.7 Å². The molecule has 2 N–H and O–H groups in total. The Morgan fingerprint density at radius 2 is 1.57 bits per heavy atom. The number of anilines is 2. The number of hydrogen-bond acceptors (Lipinski definition) is 5. The Kier molecular flexibility index (Phi) is 3.65. The van der Waals surface area contributed by atoms with E-state index in [0.717, 1.165) is 12.1 Å². The largest absolute Gasteiger partial charge is 0.508 e. The van der Waals surface area contributed by atoms with Crippen LogP contribution in [-0.4, -0.2) is 15.3 Å². The van der Waals surface area contributed by atoms with Crippen LogP contribution in [0.3, 0.4) is 0 Å². The van der Waals surface area contributed by atoms with Crippen LogP contribution in [0.2, 0.25) is 0 Å². The van der Waals surface area contributed by atoms with E-state index in [0.29, 0.717) is 11.3 Å². The summed E-state index contributed by atoms with van der Waals surface area (Å²) < 4.78 is 42.9. The fourth-order valence-electron chi connectivity index (χ4n) is 1.86. The van der Waals surface area contributed by atoms with Gasteiger partial charge in [-0.2, -0.15) is 13.2 Å². The minimum Gasteiger partial charge on any atom is -0.508 e. The lowest BCUT2D eigenvalue weighted by molar-refractivity contribution is -0.137. The van der Waals surface area contributed by atoms with Gasteiger partial charge in [-0.25, -0.2) is 0 Å². The van der Waals surface area contributed by atoms with E-state index in [2.05, 4.69) is 15.5 Å². The predicted octanol–water partition coefficient (Wildman–Crippen LogP) is 4.20. The molecular formula is C15H10F3N3O2. The highest BCUT2D eigenvalue weighted by Gasteiger charge is 2.30. The number of aromatic hydroxyl groups is 1. The quantitative estimate of drug-likeness (QED) is 0.707. The van der Waals surface area contributed by atoms with Gasteiger partial charge in [-0.3, -0.25) is 0 Å². The Labute approximate surface area is 128 Å². The molecule has 8 heteroatoms. The zero-order valence-electron chi connectivity index (χ0n) is 11.5. The van der Waals surface area contributed by atoms with E-state index >= 15 is 0 Å². The lowest BCUT2D eigenvalue weighted by Gasteiger charge is -2.05. The van der Waals surface area contributed by atoms with Gasteiger partial charge in [0.05, 0.1) is 5.56 Å². The number of phenols is 1. The molecule has 5 nitrogen and oxygen atoms in total. The number of nitrogens with zero attached hydrogens (tertiary/aromatic N) is 2.